The van der Waals surface area contributed by atoms with Gasteiger partial charge in [0.1, 0.15) is 0 Å². The molecule has 2 nitrogen and oxygen atoms in total. The van der Waals surface area contributed by atoms with Crippen molar-refractivity contribution in [1.29, 1.82) is 0 Å². The molecule has 0 radical (unpaired) electrons. The average Bonchev–Trinajstić information content (AvgIpc) is 2.67. The van der Waals surface area contributed by atoms with Crippen LogP contribution in [0.25, 0.3) is 10.1 Å². The molecule has 16 heavy (non-hydrogen) atoms. The molecule has 0 unspecified atom stereocenters. The van der Waals surface area contributed by atoms with Crippen LogP contribution < -0.4 is 0 Å². The SMILES string of the molecule is CCN(CO)Cc1cc2cc(I)ccc2s1. The summed E-state index contributed by atoms with van der Waals surface area (Å²) in [6.45, 7) is 3.90. The van der Waals surface area contributed by atoms with Crippen molar-refractivity contribution >= 4 is 44.0 Å². The maximum Gasteiger partial charge on any atom is 0.0959 e. The molecule has 1 aromatic heterocycles. The molecule has 0 saturated carbocycles. The summed E-state index contributed by atoms with van der Waals surface area (Å²) in [5, 5.41) is 10.4. The van der Waals surface area contributed by atoms with Gasteiger partial charge in [0.15, 0.2) is 0 Å². The fourth-order valence-electron chi connectivity index (χ4n) is 1.63. The zero-order valence-corrected chi connectivity index (χ0v) is 12.1. The van der Waals surface area contributed by atoms with Crippen LogP contribution in [0.5, 0.6) is 0 Å². The van der Waals surface area contributed by atoms with Crippen molar-refractivity contribution in [1.82, 2.24) is 4.90 Å². The van der Waals surface area contributed by atoms with E-state index in [2.05, 4.69) is 53.8 Å². The van der Waals surface area contributed by atoms with E-state index in [0.717, 1.165) is 13.1 Å². The van der Waals surface area contributed by atoms with Crippen molar-refractivity contribution in [2.45, 2.75) is 13.5 Å². The van der Waals surface area contributed by atoms with E-state index in [0.29, 0.717) is 0 Å². The summed E-state index contributed by atoms with van der Waals surface area (Å²) in [4.78, 5) is 3.32. The monoisotopic (exact) mass is 347 g/mol. The molecule has 0 aliphatic carbocycles. The Labute approximate surface area is 113 Å². The van der Waals surface area contributed by atoms with Gasteiger partial charge in [0.25, 0.3) is 0 Å². The smallest absolute Gasteiger partial charge is 0.0959 e. The first-order chi connectivity index (χ1) is 7.72. The van der Waals surface area contributed by atoms with Crippen molar-refractivity contribution in [3.05, 3.63) is 32.7 Å². The third-order valence-electron chi connectivity index (χ3n) is 2.56. The highest BCUT2D eigenvalue weighted by Crippen LogP contribution is 2.27. The van der Waals surface area contributed by atoms with Gasteiger partial charge in [-0.15, -0.1) is 11.3 Å². The number of halogens is 1. The largest absolute Gasteiger partial charge is 0.381 e. The van der Waals surface area contributed by atoms with Gasteiger partial charge in [-0.3, -0.25) is 4.90 Å². The second-order valence-electron chi connectivity index (χ2n) is 3.68. The van der Waals surface area contributed by atoms with Gasteiger partial charge in [-0.25, -0.2) is 0 Å². The Balaban J connectivity index is 2.25. The van der Waals surface area contributed by atoms with Crippen LogP contribution in [0.4, 0.5) is 0 Å². The van der Waals surface area contributed by atoms with Gasteiger partial charge >= 0.3 is 0 Å². The molecule has 0 aliphatic heterocycles. The molecule has 1 aromatic carbocycles. The molecule has 2 aromatic rings. The van der Waals surface area contributed by atoms with Crippen LogP contribution in [0, 0.1) is 3.57 Å². The molecular weight excluding hydrogens is 333 g/mol. The van der Waals surface area contributed by atoms with Gasteiger partial charge in [-0.2, -0.15) is 0 Å². The Morgan fingerprint density at radius 2 is 2.19 bits per heavy atom. The number of fused-ring (bicyclic) bond motifs is 1. The third kappa shape index (κ3) is 2.74. The third-order valence-corrected chi connectivity index (χ3v) is 4.33. The molecule has 1 heterocycles. The van der Waals surface area contributed by atoms with Crippen LogP contribution >= 0.6 is 33.9 Å². The predicted molar refractivity (Wildman–Crippen MR) is 77.7 cm³/mol. The van der Waals surface area contributed by atoms with E-state index in [1.54, 1.807) is 0 Å². The minimum Gasteiger partial charge on any atom is -0.381 e. The van der Waals surface area contributed by atoms with Gasteiger partial charge in [-0.1, -0.05) is 6.92 Å². The Morgan fingerprint density at radius 1 is 1.38 bits per heavy atom. The molecule has 2 rings (SSSR count). The standard InChI is InChI=1S/C12H14INOS/c1-2-14(8-15)7-11-6-9-5-10(13)3-4-12(9)16-11/h3-6,15H,2,7-8H2,1H3. The molecule has 0 amide bonds. The van der Waals surface area contributed by atoms with E-state index in [-0.39, 0.29) is 6.73 Å². The fraction of sp³-hybridized carbons (Fsp3) is 0.333. The van der Waals surface area contributed by atoms with Gasteiger partial charge < -0.3 is 5.11 Å². The molecule has 0 atom stereocenters. The number of hydrogen-bond donors (Lipinski definition) is 1. The zero-order chi connectivity index (χ0) is 11.5. The van der Waals surface area contributed by atoms with Crippen molar-refractivity contribution < 1.29 is 5.11 Å². The molecule has 0 spiro atoms. The lowest BCUT2D eigenvalue weighted by Gasteiger charge is -2.15. The molecule has 0 fully saturated rings. The first-order valence-corrected chi connectivity index (χ1v) is 7.13. The Morgan fingerprint density at radius 3 is 2.88 bits per heavy atom. The molecular formula is C12H14INOS. The minimum absolute atomic E-state index is 0.127. The van der Waals surface area contributed by atoms with Gasteiger partial charge in [0.2, 0.25) is 0 Å². The first-order valence-electron chi connectivity index (χ1n) is 5.24. The number of nitrogens with zero attached hydrogens (tertiary/aromatic N) is 1. The minimum atomic E-state index is 0.127. The van der Waals surface area contributed by atoms with Crippen molar-refractivity contribution in [2.75, 3.05) is 13.3 Å². The quantitative estimate of drug-likeness (QED) is 0.678. The second-order valence-corrected chi connectivity index (χ2v) is 6.10. The summed E-state index contributed by atoms with van der Waals surface area (Å²) in [7, 11) is 0. The van der Waals surface area contributed by atoms with Crippen molar-refractivity contribution in [3.8, 4) is 0 Å². The maximum absolute atomic E-state index is 9.14. The summed E-state index contributed by atoms with van der Waals surface area (Å²) in [6.07, 6.45) is 0. The summed E-state index contributed by atoms with van der Waals surface area (Å²) < 4.78 is 2.59. The fourth-order valence-corrected chi connectivity index (χ4v) is 3.23. The molecule has 0 bridgehead atoms. The highest BCUT2D eigenvalue weighted by Gasteiger charge is 2.06. The van der Waals surface area contributed by atoms with E-state index in [1.165, 1.54) is 18.5 Å². The first kappa shape index (κ1) is 12.3. The van der Waals surface area contributed by atoms with Gasteiger partial charge in [0, 0.05) is 19.7 Å². The van der Waals surface area contributed by atoms with Crippen LogP contribution in [-0.2, 0) is 6.54 Å². The molecule has 0 aliphatic rings. The molecule has 4 heteroatoms. The number of thiophene rings is 1. The summed E-state index contributed by atoms with van der Waals surface area (Å²) in [6, 6.07) is 8.72. The predicted octanol–water partition coefficient (Wildman–Crippen LogP) is 3.28. The van der Waals surface area contributed by atoms with Crippen LogP contribution in [0.15, 0.2) is 24.3 Å². The normalized spacial score (nSPS) is 11.5. The molecule has 1 N–H and O–H groups in total. The van der Waals surface area contributed by atoms with Crippen LogP contribution in [-0.4, -0.2) is 23.3 Å². The Kier molecular flexibility index (Phi) is 4.18. The zero-order valence-electron chi connectivity index (χ0n) is 9.11. The van der Waals surface area contributed by atoms with E-state index in [9.17, 15) is 0 Å². The molecule has 86 valence electrons. The Bertz CT molecular complexity index is 479. The van der Waals surface area contributed by atoms with Crippen molar-refractivity contribution in [3.63, 3.8) is 0 Å². The van der Waals surface area contributed by atoms with E-state index in [4.69, 9.17) is 5.11 Å². The van der Waals surface area contributed by atoms with E-state index in [1.807, 2.05) is 16.2 Å². The van der Waals surface area contributed by atoms with Gasteiger partial charge in [-0.05, 0) is 58.8 Å². The highest BCUT2D eigenvalue weighted by atomic mass is 127. The van der Waals surface area contributed by atoms with E-state index < -0.39 is 0 Å². The lowest BCUT2D eigenvalue weighted by molar-refractivity contribution is 0.107. The van der Waals surface area contributed by atoms with Crippen LogP contribution in [0.3, 0.4) is 0 Å². The van der Waals surface area contributed by atoms with Crippen LogP contribution in [0.1, 0.15) is 11.8 Å². The average molecular weight is 347 g/mol. The lowest BCUT2D eigenvalue weighted by Crippen LogP contribution is -2.22. The lowest BCUT2D eigenvalue weighted by atomic mass is 10.2. The number of benzene rings is 1. The van der Waals surface area contributed by atoms with E-state index >= 15 is 0 Å². The summed E-state index contributed by atoms with van der Waals surface area (Å²) >= 11 is 4.14. The Hall–Kier alpha value is -0.170. The maximum atomic E-state index is 9.14. The highest BCUT2D eigenvalue weighted by molar-refractivity contribution is 14.1. The number of rotatable bonds is 4. The number of aliphatic hydroxyl groups excluding tert-OH is 1. The van der Waals surface area contributed by atoms with Crippen molar-refractivity contribution in [2.24, 2.45) is 0 Å². The summed E-state index contributed by atoms with van der Waals surface area (Å²) in [5.74, 6) is 0. The molecule has 0 saturated heterocycles. The summed E-state index contributed by atoms with van der Waals surface area (Å²) in [5.41, 5.74) is 0. The number of hydrogen-bond acceptors (Lipinski definition) is 3. The van der Waals surface area contributed by atoms with Gasteiger partial charge in [0.05, 0.1) is 6.73 Å². The topological polar surface area (TPSA) is 23.5 Å². The number of aliphatic hydroxyl groups is 1. The second kappa shape index (κ2) is 5.44. The van der Waals surface area contributed by atoms with Crippen LogP contribution in [0.2, 0.25) is 0 Å².